The van der Waals surface area contributed by atoms with E-state index in [1.54, 1.807) is 66.0 Å². The molecule has 2 aliphatic rings. The number of pyridine rings is 3. The predicted octanol–water partition coefficient (Wildman–Crippen LogP) is 4.56. The summed E-state index contributed by atoms with van der Waals surface area (Å²) < 4.78 is 0. The van der Waals surface area contributed by atoms with Crippen LogP contribution in [0.1, 0.15) is 74.6 Å². The lowest BCUT2D eigenvalue weighted by Crippen LogP contribution is -2.75. The van der Waals surface area contributed by atoms with Crippen molar-refractivity contribution in [3.63, 3.8) is 0 Å². The van der Waals surface area contributed by atoms with Crippen molar-refractivity contribution in [2.45, 2.75) is 64.1 Å². The van der Waals surface area contributed by atoms with Crippen LogP contribution < -0.4 is 0 Å². The first kappa shape index (κ1) is 30.4. The topological polar surface area (TPSA) is 137 Å². The summed E-state index contributed by atoms with van der Waals surface area (Å²) in [6.45, 7) is 2.41. The van der Waals surface area contributed by atoms with Crippen LogP contribution in [0.4, 0.5) is 0 Å². The van der Waals surface area contributed by atoms with Gasteiger partial charge in [0, 0.05) is 38.2 Å². The fraction of sp³-hybridized carbons (Fsp3) is 0.455. The average molecular weight is 586 g/mol. The van der Waals surface area contributed by atoms with Gasteiger partial charge in [-0.05, 0) is 49.4 Å². The number of carbonyl (C=O) groups is 3. The van der Waals surface area contributed by atoms with Gasteiger partial charge in [-0.2, -0.15) is 0 Å². The number of nitrogens with zero attached hydrogens (tertiary/aromatic N) is 5. The molecule has 2 saturated heterocycles. The normalized spacial score (nSPS) is 25.8. The molecule has 2 bridgehead atoms. The van der Waals surface area contributed by atoms with Crippen LogP contribution in [0.5, 0.6) is 0 Å². The van der Waals surface area contributed by atoms with Crippen molar-refractivity contribution in [1.29, 1.82) is 0 Å². The molecule has 5 rings (SSSR count). The summed E-state index contributed by atoms with van der Waals surface area (Å²) in [7, 11) is 0. The minimum absolute atomic E-state index is 0.171. The second kappa shape index (κ2) is 13.1. The zero-order valence-electron chi connectivity index (χ0n) is 24.5. The number of hydrogen-bond donors (Lipinski definition) is 2. The van der Waals surface area contributed by atoms with Gasteiger partial charge in [0.25, 0.3) is 0 Å². The second-order valence-electron chi connectivity index (χ2n) is 11.7. The van der Waals surface area contributed by atoms with Crippen LogP contribution in [0.3, 0.4) is 0 Å². The number of aromatic nitrogens is 3. The number of ketones is 1. The molecule has 2 fully saturated rings. The molecule has 0 aromatic carbocycles. The number of Topliss-reactive ketones (excluding diaryl/α,β-unsaturated/α-hetero) is 1. The fourth-order valence-electron chi connectivity index (χ4n) is 7.09. The molecule has 43 heavy (non-hydrogen) atoms. The molecule has 0 radical (unpaired) electrons. The molecule has 10 heteroatoms. The van der Waals surface area contributed by atoms with E-state index < -0.39 is 40.6 Å². The zero-order chi connectivity index (χ0) is 30.5. The predicted molar refractivity (Wildman–Crippen MR) is 159 cm³/mol. The molecule has 3 aromatic rings. The maximum absolute atomic E-state index is 14.8. The Balaban J connectivity index is 1.70. The highest BCUT2D eigenvalue weighted by atomic mass is 16.4. The quantitative estimate of drug-likeness (QED) is 0.217. The van der Waals surface area contributed by atoms with E-state index >= 15 is 0 Å². The minimum atomic E-state index is -2.09. The van der Waals surface area contributed by atoms with E-state index in [1.165, 1.54) is 0 Å². The summed E-state index contributed by atoms with van der Waals surface area (Å²) in [6, 6.07) is 13.9. The largest absolute Gasteiger partial charge is 0.480 e. The Kier molecular flexibility index (Phi) is 9.27. The van der Waals surface area contributed by atoms with Gasteiger partial charge >= 0.3 is 11.9 Å². The van der Waals surface area contributed by atoms with Gasteiger partial charge in [-0.1, -0.05) is 57.2 Å². The second-order valence-corrected chi connectivity index (χ2v) is 11.7. The summed E-state index contributed by atoms with van der Waals surface area (Å²) >= 11 is 0. The SMILES string of the molecule is CCCCCCCCN1C(c2ccccn2)C2(C(=O)O)CN(Cc3ccccn3)CC(C(=O)O)(C2=O)C1c1ccccn1. The summed E-state index contributed by atoms with van der Waals surface area (Å²) in [5, 5.41) is 22.1. The minimum Gasteiger partial charge on any atom is -0.480 e. The van der Waals surface area contributed by atoms with Crippen molar-refractivity contribution in [3.8, 4) is 0 Å². The van der Waals surface area contributed by atoms with Crippen LogP contribution in [0.2, 0.25) is 0 Å². The monoisotopic (exact) mass is 585 g/mol. The van der Waals surface area contributed by atoms with Gasteiger partial charge in [0.2, 0.25) is 0 Å². The Morgan fingerprint density at radius 2 is 1.28 bits per heavy atom. The number of likely N-dealkylation sites (tertiary alicyclic amines) is 2. The molecule has 2 aliphatic heterocycles. The van der Waals surface area contributed by atoms with Crippen LogP contribution in [-0.4, -0.2) is 72.3 Å². The Hall–Kier alpha value is -4.02. The van der Waals surface area contributed by atoms with Gasteiger partial charge in [0.15, 0.2) is 16.6 Å². The van der Waals surface area contributed by atoms with Crippen molar-refractivity contribution in [2.75, 3.05) is 19.6 Å². The van der Waals surface area contributed by atoms with Crippen molar-refractivity contribution in [2.24, 2.45) is 10.8 Å². The van der Waals surface area contributed by atoms with Crippen LogP contribution in [0.25, 0.3) is 0 Å². The maximum atomic E-state index is 14.8. The molecule has 4 atom stereocenters. The number of carboxylic acid groups (broad SMARTS) is 2. The van der Waals surface area contributed by atoms with Gasteiger partial charge in [-0.3, -0.25) is 39.1 Å². The molecule has 10 nitrogen and oxygen atoms in total. The Morgan fingerprint density at radius 1 is 0.767 bits per heavy atom. The lowest BCUT2D eigenvalue weighted by Gasteiger charge is -2.61. The molecular weight excluding hydrogens is 546 g/mol. The first-order valence-electron chi connectivity index (χ1n) is 15.1. The molecule has 0 spiro atoms. The number of fused-ring (bicyclic) bond motifs is 2. The summed E-state index contributed by atoms with van der Waals surface area (Å²) in [5.74, 6) is -3.50. The van der Waals surface area contributed by atoms with Gasteiger partial charge in [-0.25, -0.2) is 0 Å². The molecular formula is C33H39N5O5. The number of carbonyl (C=O) groups excluding carboxylic acids is 1. The Labute approximate surface area is 251 Å². The van der Waals surface area contributed by atoms with E-state index in [9.17, 15) is 24.6 Å². The molecule has 2 N–H and O–H groups in total. The highest BCUT2D eigenvalue weighted by Crippen LogP contribution is 2.60. The molecule has 3 aromatic heterocycles. The zero-order valence-corrected chi connectivity index (χ0v) is 24.5. The first-order chi connectivity index (χ1) is 20.9. The van der Waals surface area contributed by atoms with Crippen LogP contribution in [0, 0.1) is 10.8 Å². The Morgan fingerprint density at radius 3 is 1.74 bits per heavy atom. The van der Waals surface area contributed by atoms with E-state index in [-0.39, 0.29) is 19.6 Å². The van der Waals surface area contributed by atoms with E-state index in [2.05, 4.69) is 21.9 Å². The van der Waals surface area contributed by atoms with Crippen LogP contribution >= 0.6 is 0 Å². The van der Waals surface area contributed by atoms with Crippen molar-refractivity contribution >= 4 is 17.7 Å². The van der Waals surface area contributed by atoms with E-state index in [0.29, 0.717) is 30.0 Å². The number of piperidine rings is 2. The third-order valence-corrected chi connectivity index (χ3v) is 8.93. The van der Waals surface area contributed by atoms with Gasteiger partial charge < -0.3 is 10.2 Å². The third kappa shape index (κ3) is 5.57. The van der Waals surface area contributed by atoms with Crippen molar-refractivity contribution in [1.82, 2.24) is 24.8 Å². The lowest BCUT2D eigenvalue weighted by atomic mass is 9.54. The number of hydrogen-bond acceptors (Lipinski definition) is 8. The van der Waals surface area contributed by atoms with Crippen LogP contribution in [-0.2, 0) is 20.9 Å². The van der Waals surface area contributed by atoms with E-state index in [1.807, 2.05) is 17.0 Å². The first-order valence-corrected chi connectivity index (χ1v) is 15.1. The molecule has 0 saturated carbocycles. The number of unbranched alkanes of at least 4 members (excludes halogenated alkanes) is 5. The van der Waals surface area contributed by atoms with Gasteiger partial charge in [0.1, 0.15) is 0 Å². The van der Waals surface area contributed by atoms with E-state index in [0.717, 1.165) is 32.1 Å². The number of carboxylic acids is 2. The lowest BCUT2D eigenvalue weighted by molar-refractivity contribution is -0.204. The van der Waals surface area contributed by atoms with Crippen molar-refractivity contribution in [3.05, 3.63) is 90.3 Å². The van der Waals surface area contributed by atoms with E-state index in [4.69, 9.17) is 0 Å². The van der Waals surface area contributed by atoms with Gasteiger partial charge in [-0.15, -0.1) is 0 Å². The maximum Gasteiger partial charge on any atom is 0.320 e. The highest BCUT2D eigenvalue weighted by Gasteiger charge is 2.75. The Bertz CT molecular complexity index is 1330. The van der Waals surface area contributed by atoms with Crippen molar-refractivity contribution < 1.29 is 24.6 Å². The molecule has 226 valence electrons. The molecule has 4 unspecified atom stereocenters. The van der Waals surface area contributed by atoms with Crippen LogP contribution in [0.15, 0.2) is 73.2 Å². The summed E-state index contributed by atoms with van der Waals surface area (Å²) in [6.07, 6.45) is 10.8. The summed E-state index contributed by atoms with van der Waals surface area (Å²) in [5.41, 5.74) is -2.68. The fourth-order valence-corrected chi connectivity index (χ4v) is 7.09. The average Bonchev–Trinajstić information content (AvgIpc) is 3.01. The standard InChI is InChI=1S/C33H39N5O5/c1-2-3-4-5-6-13-20-38-27(25-15-8-11-18-35-25)32(30(40)41)22-37(21-24-14-7-10-17-34-24)23-33(29(32)39,31(42)43)28(38)26-16-9-12-19-36-26/h7-12,14-19,27-28H,2-6,13,20-23H2,1H3,(H,40,41)(H,42,43). The number of rotatable bonds is 13. The smallest absolute Gasteiger partial charge is 0.320 e. The highest BCUT2D eigenvalue weighted by molar-refractivity contribution is 6.17. The molecule has 0 amide bonds. The molecule has 0 aliphatic carbocycles. The van der Waals surface area contributed by atoms with Gasteiger partial charge in [0.05, 0.1) is 29.2 Å². The third-order valence-electron chi connectivity index (χ3n) is 8.93. The summed E-state index contributed by atoms with van der Waals surface area (Å²) in [4.78, 5) is 59.2. The molecule has 5 heterocycles. The number of aliphatic carboxylic acids is 2.